The summed E-state index contributed by atoms with van der Waals surface area (Å²) in [6, 6.07) is 20.6. The maximum atomic E-state index is 13.3. The summed E-state index contributed by atoms with van der Waals surface area (Å²) in [5.41, 5.74) is 7.24. The van der Waals surface area contributed by atoms with Crippen LogP contribution >= 0.6 is 0 Å². The van der Waals surface area contributed by atoms with Crippen molar-refractivity contribution in [3.05, 3.63) is 77.4 Å². The zero-order valence-electron chi connectivity index (χ0n) is 22.4. The smallest absolute Gasteiger partial charge is 0.326 e. The fourth-order valence-electron chi connectivity index (χ4n) is 5.84. The van der Waals surface area contributed by atoms with Crippen molar-refractivity contribution < 1.29 is 19.4 Å². The largest absolute Gasteiger partial charge is 0.487 e. The van der Waals surface area contributed by atoms with Gasteiger partial charge in [0.1, 0.15) is 11.9 Å². The zero-order chi connectivity index (χ0) is 26.8. The maximum Gasteiger partial charge on any atom is 0.326 e. The second kappa shape index (κ2) is 10.9. The first-order chi connectivity index (χ1) is 18.3. The number of ether oxygens (including phenoxy) is 1. The summed E-state index contributed by atoms with van der Waals surface area (Å²) in [6.45, 7) is 6.50. The number of carbonyl (C=O) groups excluding carboxylic acids is 1. The molecule has 0 aromatic heterocycles. The van der Waals surface area contributed by atoms with Crippen molar-refractivity contribution in [2.75, 3.05) is 16.8 Å². The molecule has 2 N–H and O–H groups in total. The summed E-state index contributed by atoms with van der Waals surface area (Å²) >= 11 is 0. The first-order valence-electron chi connectivity index (χ1n) is 13.6. The number of carboxylic acids is 1. The van der Waals surface area contributed by atoms with E-state index in [-0.39, 0.29) is 18.6 Å². The standard InChI is InChI=1S/C32H36N2O4/c1-20-4-14-28(21(2)16-20)33-32(37)34-19-22(3)38-30-18-27(13-15-29(30)34)26-11-9-25(10-12-26)24-7-5-23(6-8-24)17-31(35)36/h4,9-16,18,22-24H,5-8,17,19H2,1-3H3,(H,33,37)(H,35,36)/t22?,23-,24-. The summed E-state index contributed by atoms with van der Waals surface area (Å²) in [4.78, 5) is 26.0. The van der Waals surface area contributed by atoms with Crippen LogP contribution in [-0.4, -0.2) is 29.8 Å². The molecule has 1 heterocycles. The molecule has 1 aliphatic heterocycles. The van der Waals surface area contributed by atoms with Crippen LogP contribution in [0.25, 0.3) is 11.1 Å². The van der Waals surface area contributed by atoms with E-state index < -0.39 is 5.97 Å². The van der Waals surface area contributed by atoms with Crippen molar-refractivity contribution in [3.63, 3.8) is 0 Å². The van der Waals surface area contributed by atoms with Gasteiger partial charge in [0.05, 0.1) is 12.2 Å². The van der Waals surface area contributed by atoms with Crippen LogP contribution in [-0.2, 0) is 4.79 Å². The van der Waals surface area contributed by atoms with Crippen LogP contribution in [0, 0.1) is 19.8 Å². The molecule has 38 heavy (non-hydrogen) atoms. The third-order valence-electron chi connectivity index (χ3n) is 7.91. The van der Waals surface area contributed by atoms with Crippen LogP contribution in [0.2, 0.25) is 0 Å². The minimum atomic E-state index is -0.689. The molecule has 3 aromatic rings. The highest BCUT2D eigenvalue weighted by Crippen LogP contribution is 2.40. The number of urea groups is 1. The van der Waals surface area contributed by atoms with Gasteiger partial charge < -0.3 is 15.2 Å². The van der Waals surface area contributed by atoms with Gasteiger partial charge in [-0.25, -0.2) is 4.79 Å². The molecule has 1 atom stereocenters. The summed E-state index contributed by atoms with van der Waals surface area (Å²) < 4.78 is 6.16. The second-order valence-electron chi connectivity index (χ2n) is 10.9. The van der Waals surface area contributed by atoms with E-state index in [2.05, 4.69) is 35.6 Å². The van der Waals surface area contributed by atoms with Crippen molar-refractivity contribution in [1.29, 1.82) is 0 Å². The number of carboxylic acid groups (broad SMARTS) is 1. The number of anilines is 2. The highest BCUT2D eigenvalue weighted by molar-refractivity contribution is 6.03. The molecule has 0 bridgehead atoms. The highest BCUT2D eigenvalue weighted by atomic mass is 16.5. The van der Waals surface area contributed by atoms with Crippen LogP contribution < -0.4 is 15.0 Å². The number of carbonyl (C=O) groups is 2. The number of aliphatic carboxylic acids is 1. The number of nitrogens with one attached hydrogen (secondary N) is 1. The molecule has 3 aromatic carbocycles. The molecule has 0 radical (unpaired) electrons. The van der Waals surface area contributed by atoms with Gasteiger partial charge in [0.15, 0.2) is 0 Å². The summed E-state index contributed by atoms with van der Waals surface area (Å²) in [6.07, 6.45) is 4.21. The SMILES string of the molecule is Cc1ccc(NC(=O)N2CC(C)Oc3cc(-c4ccc([C@H]5CC[C@H](CC(=O)O)CC5)cc4)ccc32)c(C)c1. The van der Waals surface area contributed by atoms with Gasteiger partial charge in [-0.2, -0.15) is 0 Å². The van der Waals surface area contributed by atoms with E-state index in [0.29, 0.717) is 24.1 Å². The lowest BCUT2D eigenvalue weighted by Crippen LogP contribution is -2.44. The van der Waals surface area contributed by atoms with E-state index in [9.17, 15) is 9.59 Å². The molecule has 5 rings (SSSR count). The van der Waals surface area contributed by atoms with Crippen molar-refractivity contribution in [2.45, 2.75) is 64.9 Å². The van der Waals surface area contributed by atoms with Crippen molar-refractivity contribution >= 4 is 23.4 Å². The molecule has 1 saturated carbocycles. The average Bonchev–Trinajstić information content (AvgIpc) is 2.89. The molecule has 0 saturated heterocycles. The molecular formula is C32H36N2O4. The third kappa shape index (κ3) is 5.69. The fraction of sp³-hybridized carbons (Fsp3) is 0.375. The predicted octanol–water partition coefficient (Wildman–Crippen LogP) is 7.54. The van der Waals surface area contributed by atoms with E-state index in [0.717, 1.165) is 59.3 Å². The molecule has 0 spiro atoms. The quantitative estimate of drug-likeness (QED) is 0.370. The first-order valence-corrected chi connectivity index (χ1v) is 13.6. The van der Waals surface area contributed by atoms with E-state index in [1.807, 2.05) is 51.1 Å². The minimum Gasteiger partial charge on any atom is -0.487 e. The van der Waals surface area contributed by atoms with Crippen molar-refractivity contribution in [2.24, 2.45) is 5.92 Å². The van der Waals surface area contributed by atoms with Crippen LogP contribution in [0.5, 0.6) is 5.75 Å². The zero-order valence-corrected chi connectivity index (χ0v) is 22.4. The third-order valence-corrected chi connectivity index (χ3v) is 7.91. The Hall–Kier alpha value is -3.80. The lowest BCUT2D eigenvalue weighted by molar-refractivity contribution is -0.138. The van der Waals surface area contributed by atoms with Crippen molar-refractivity contribution in [3.8, 4) is 16.9 Å². The Morgan fingerprint density at radius 2 is 1.66 bits per heavy atom. The van der Waals surface area contributed by atoms with Crippen LogP contribution in [0.1, 0.15) is 61.6 Å². The van der Waals surface area contributed by atoms with Crippen molar-refractivity contribution in [1.82, 2.24) is 0 Å². The van der Waals surface area contributed by atoms with Gasteiger partial charge >= 0.3 is 12.0 Å². The minimum absolute atomic E-state index is 0.124. The van der Waals surface area contributed by atoms with E-state index in [4.69, 9.17) is 9.84 Å². The number of rotatable bonds is 5. The van der Waals surface area contributed by atoms with Gasteiger partial charge in [-0.1, -0.05) is 48.0 Å². The van der Waals surface area contributed by atoms with Crippen LogP contribution in [0.15, 0.2) is 60.7 Å². The van der Waals surface area contributed by atoms with Crippen LogP contribution in [0.3, 0.4) is 0 Å². The average molecular weight is 513 g/mol. The second-order valence-corrected chi connectivity index (χ2v) is 10.9. The Morgan fingerprint density at radius 1 is 0.947 bits per heavy atom. The topological polar surface area (TPSA) is 78.9 Å². The van der Waals surface area contributed by atoms with Gasteiger partial charge in [0, 0.05) is 12.1 Å². The normalized spacial score (nSPS) is 20.8. The number of hydrogen-bond donors (Lipinski definition) is 2. The molecule has 6 heteroatoms. The summed E-state index contributed by atoms with van der Waals surface area (Å²) in [7, 11) is 0. The summed E-state index contributed by atoms with van der Waals surface area (Å²) in [5.74, 6) is 0.818. The van der Waals surface area contributed by atoms with Gasteiger partial charge in [0.2, 0.25) is 0 Å². The number of benzene rings is 3. The van der Waals surface area contributed by atoms with Crippen LogP contribution in [0.4, 0.5) is 16.2 Å². The molecule has 6 nitrogen and oxygen atoms in total. The Bertz CT molecular complexity index is 1330. The Labute approximate surface area is 224 Å². The Morgan fingerprint density at radius 3 is 2.34 bits per heavy atom. The Balaban J connectivity index is 1.30. The molecule has 2 amide bonds. The number of hydrogen-bond acceptors (Lipinski definition) is 3. The molecule has 1 fully saturated rings. The van der Waals surface area contributed by atoms with Gasteiger partial charge in [0.25, 0.3) is 0 Å². The summed E-state index contributed by atoms with van der Waals surface area (Å²) in [5, 5.41) is 12.1. The molecule has 1 aliphatic carbocycles. The monoisotopic (exact) mass is 512 g/mol. The first kappa shape index (κ1) is 25.8. The lowest BCUT2D eigenvalue weighted by atomic mass is 9.77. The molecule has 198 valence electrons. The van der Waals surface area contributed by atoms with Gasteiger partial charge in [-0.15, -0.1) is 0 Å². The van der Waals surface area contributed by atoms with Gasteiger partial charge in [-0.05, 0) is 98.7 Å². The molecule has 1 unspecified atom stereocenters. The Kier molecular flexibility index (Phi) is 7.41. The highest BCUT2D eigenvalue weighted by Gasteiger charge is 2.29. The fourth-order valence-corrected chi connectivity index (χ4v) is 5.84. The van der Waals surface area contributed by atoms with E-state index >= 15 is 0 Å². The number of amides is 2. The number of fused-ring (bicyclic) bond motifs is 1. The van der Waals surface area contributed by atoms with E-state index in [1.54, 1.807) is 4.90 Å². The molecular weight excluding hydrogens is 476 g/mol. The molecule has 2 aliphatic rings. The predicted molar refractivity (Wildman–Crippen MR) is 151 cm³/mol. The van der Waals surface area contributed by atoms with E-state index in [1.165, 1.54) is 5.56 Å². The maximum absolute atomic E-state index is 13.3. The lowest BCUT2D eigenvalue weighted by Gasteiger charge is -2.34. The van der Waals surface area contributed by atoms with Gasteiger partial charge in [-0.3, -0.25) is 9.69 Å². The number of nitrogens with zero attached hydrogens (tertiary/aromatic N) is 1. The number of aryl methyl sites for hydroxylation is 2.